The largest absolute Gasteiger partial charge is 0.348 e. The second-order valence-corrected chi connectivity index (χ2v) is 6.19. The zero-order valence-corrected chi connectivity index (χ0v) is 12.4. The maximum Gasteiger partial charge on any atom is 0.270 e. The first-order valence-electron chi connectivity index (χ1n) is 7.16. The fraction of sp³-hybridized carbons (Fsp3) is 0.375. The third-order valence-electron chi connectivity index (χ3n) is 4.05. The van der Waals surface area contributed by atoms with Crippen LogP contribution in [0.4, 0.5) is 4.39 Å². The van der Waals surface area contributed by atoms with Gasteiger partial charge in [0.2, 0.25) is 0 Å². The van der Waals surface area contributed by atoms with Crippen LogP contribution in [0, 0.1) is 11.7 Å². The Morgan fingerprint density at radius 1 is 1.33 bits per heavy atom. The highest BCUT2D eigenvalue weighted by Crippen LogP contribution is 2.29. The van der Waals surface area contributed by atoms with Crippen molar-refractivity contribution in [3.8, 4) is 0 Å². The van der Waals surface area contributed by atoms with Gasteiger partial charge in [-0.3, -0.25) is 4.79 Å². The first kappa shape index (κ1) is 14.2. The number of halogens is 1. The summed E-state index contributed by atoms with van der Waals surface area (Å²) in [7, 11) is 0. The summed E-state index contributed by atoms with van der Waals surface area (Å²) in [6, 6.07) is 6.82. The number of nitrogens with zero attached hydrogens (tertiary/aromatic N) is 1. The number of nitrogens with one attached hydrogen (secondary N) is 1. The van der Waals surface area contributed by atoms with Crippen molar-refractivity contribution in [1.82, 2.24) is 10.3 Å². The highest BCUT2D eigenvalue weighted by Gasteiger charge is 2.29. The van der Waals surface area contributed by atoms with Crippen LogP contribution >= 0.6 is 11.3 Å². The molecule has 0 radical (unpaired) electrons. The Morgan fingerprint density at radius 3 is 2.86 bits per heavy atom. The second-order valence-electron chi connectivity index (χ2n) is 5.48. The molecule has 3 nitrogen and oxygen atoms in total. The van der Waals surface area contributed by atoms with Gasteiger partial charge in [0.25, 0.3) is 5.91 Å². The summed E-state index contributed by atoms with van der Waals surface area (Å²) in [4.78, 5) is 16.1. The van der Waals surface area contributed by atoms with Gasteiger partial charge in [-0.15, -0.1) is 11.3 Å². The van der Waals surface area contributed by atoms with E-state index >= 15 is 0 Å². The van der Waals surface area contributed by atoms with Crippen LogP contribution in [0.15, 0.2) is 35.2 Å². The van der Waals surface area contributed by atoms with Crippen molar-refractivity contribution in [2.45, 2.75) is 31.7 Å². The van der Waals surface area contributed by atoms with Crippen LogP contribution in [0.3, 0.4) is 0 Å². The first-order chi connectivity index (χ1) is 10.2. The van der Waals surface area contributed by atoms with Crippen LogP contribution in [0.2, 0.25) is 0 Å². The third kappa shape index (κ3) is 3.47. The van der Waals surface area contributed by atoms with E-state index < -0.39 is 0 Å². The number of hydrogen-bond acceptors (Lipinski definition) is 3. The quantitative estimate of drug-likeness (QED) is 0.940. The molecule has 1 saturated carbocycles. The van der Waals surface area contributed by atoms with Gasteiger partial charge in [0.15, 0.2) is 0 Å². The van der Waals surface area contributed by atoms with Crippen LogP contribution < -0.4 is 5.32 Å². The Morgan fingerprint density at radius 2 is 2.14 bits per heavy atom. The average molecular weight is 304 g/mol. The molecule has 3 rings (SSSR count). The van der Waals surface area contributed by atoms with Crippen molar-refractivity contribution < 1.29 is 9.18 Å². The molecule has 1 amide bonds. The zero-order valence-electron chi connectivity index (χ0n) is 11.6. The van der Waals surface area contributed by atoms with Gasteiger partial charge in [-0.25, -0.2) is 9.37 Å². The SMILES string of the molecule is O=C(N[C@@H]1CCC[C@@H]1Cc1ccc(F)cc1)c1cscn1. The molecule has 1 fully saturated rings. The molecule has 1 aliphatic rings. The maximum atomic E-state index is 12.9. The Kier molecular flexibility index (Phi) is 4.29. The van der Waals surface area contributed by atoms with Gasteiger partial charge in [-0.2, -0.15) is 0 Å². The summed E-state index contributed by atoms with van der Waals surface area (Å²) in [5.74, 6) is 0.115. The average Bonchev–Trinajstić information content (AvgIpc) is 3.14. The van der Waals surface area contributed by atoms with E-state index in [0.29, 0.717) is 11.6 Å². The van der Waals surface area contributed by atoms with Gasteiger partial charge >= 0.3 is 0 Å². The van der Waals surface area contributed by atoms with E-state index in [9.17, 15) is 9.18 Å². The van der Waals surface area contributed by atoms with Gasteiger partial charge in [-0.05, 0) is 42.9 Å². The number of benzene rings is 1. The predicted octanol–water partition coefficient (Wildman–Crippen LogP) is 3.42. The van der Waals surface area contributed by atoms with Crippen LogP contribution in [0.1, 0.15) is 35.3 Å². The van der Waals surface area contributed by atoms with E-state index in [2.05, 4.69) is 10.3 Å². The minimum Gasteiger partial charge on any atom is -0.348 e. The van der Waals surface area contributed by atoms with Gasteiger partial charge in [0.1, 0.15) is 11.5 Å². The Labute approximate surface area is 127 Å². The molecule has 5 heteroatoms. The van der Waals surface area contributed by atoms with Gasteiger partial charge in [-0.1, -0.05) is 18.6 Å². The lowest BCUT2D eigenvalue weighted by molar-refractivity contribution is 0.0923. The van der Waals surface area contributed by atoms with E-state index in [1.165, 1.54) is 23.5 Å². The Balaban J connectivity index is 1.62. The minimum atomic E-state index is -0.210. The van der Waals surface area contributed by atoms with Crippen molar-refractivity contribution in [2.75, 3.05) is 0 Å². The second kappa shape index (κ2) is 6.35. The number of aromatic nitrogens is 1. The molecule has 0 aliphatic heterocycles. The molecule has 110 valence electrons. The molecule has 1 N–H and O–H groups in total. The van der Waals surface area contributed by atoms with Crippen molar-refractivity contribution >= 4 is 17.2 Å². The normalized spacial score (nSPS) is 21.4. The van der Waals surface area contributed by atoms with Gasteiger partial charge in [0.05, 0.1) is 5.51 Å². The highest BCUT2D eigenvalue weighted by atomic mass is 32.1. The molecule has 0 spiro atoms. The molecule has 1 heterocycles. The fourth-order valence-electron chi connectivity index (χ4n) is 2.96. The number of hydrogen-bond donors (Lipinski definition) is 1. The molecule has 0 saturated heterocycles. The molecule has 21 heavy (non-hydrogen) atoms. The van der Waals surface area contributed by atoms with E-state index in [0.717, 1.165) is 31.2 Å². The fourth-order valence-corrected chi connectivity index (χ4v) is 3.49. The van der Waals surface area contributed by atoms with E-state index in [1.54, 1.807) is 10.9 Å². The lowest BCUT2D eigenvalue weighted by Gasteiger charge is -2.20. The molecule has 1 aromatic heterocycles. The molecule has 2 aromatic rings. The number of carbonyl (C=O) groups is 1. The van der Waals surface area contributed by atoms with Gasteiger partial charge in [0, 0.05) is 11.4 Å². The molecular formula is C16H17FN2OS. The number of thiazole rings is 1. The van der Waals surface area contributed by atoms with E-state index in [-0.39, 0.29) is 17.8 Å². The van der Waals surface area contributed by atoms with Crippen LogP contribution in [0.25, 0.3) is 0 Å². The van der Waals surface area contributed by atoms with Crippen molar-refractivity contribution in [3.05, 3.63) is 52.2 Å². The van der Waals surface area contributed by atoms with Crippen molar-refractivity contribution in [1.29, 1.82) is 0 Å². The summed E-state index contributed by atoms with van der Waals surface area (Å²) >= 11 is 1.42. The molecule has 0 unspecified atom stereocenters. The third-order valence-corrected chi connectivity index (χ3v) is 4.64. The summed E-state index contributed by atoms with van der Waals surface area (Å²) in [5.41, 5.74) is 3.28. The minimum absolute atomic E-state index is 0.0905. The smallest absolute Gasteiger partial charge is 0.270 e. The standard InChI is InChI=1S/C16H17FN2OS/c17-13-6-4-11(5-7-13)8-12-2-1-3-14(12)19-16(20)15-9-21-10-18-15/h4-7,9-10,12,14H,1-3,8H2,(H,19,20)/t12-,14-/m1/s1. The molecule has 0 bridgehead atoms. The Hall–Kier alpha value is -1.75. The highest BCUT2D eigenvalue weighted by molar-refractivity contribution is 7.07. The molecule has 2 atom stereocenters. The van der Waals surface area contributed by atoms with E-state index in [1.807, 2.05) is 12.1 Å². The summed E-state index contributed by atoms with van der Waals surface area (Å²) in [5, 5.41) is 4.86. The topological polar surface area (TPSA) is 42.0 Å². The van der Waals surface area contributed by atoms with Crippen molar-refractivity contribution in [3.63, 3.8) is 0 Å². The number of amides is 1. The molecular weight excluding hydrogens is 287 g/mol. The maximum absolute atomic E-state index is 12.9. The molecule has 1 aliphatic carbocycles. The zero-order chi connectivity index (χ0) is 14.7. The van der Waals surface area contributed by atoms with Crippen LogP contribution in [-0.4, -0.2) is 16.9 Å². The summed E-state index contributed by atoms with van der Waals surface area (Å²) in [6.07, 6.45) is 4.09. The Bertz CT molecular complexity index is 597. The van der Waals surface area contributed by atoms with Crippen molar-refractivity contribution in [2.24, 2.45) is 5.92 Å². The monoisotopic (exact) mass is 304 g/mol. The lowest BCUT2D eigenvalue weighted by Crippen LogP contribution is -2.38. The van der Waals surface area contributed by atoms with Crippen LogP contribution in [0.5, 0.6) is 0 Å². The molecule has 1 aromatic carbocycles. The summed E-state index contributed by atoms with van der Waals surface area (Å²) in [6.45, 7) is 0. The van der Waals surface area contributed by atoms with E-state index in [4.69, 9.17) is 0 Å². The summed E-state index contributed by atoms with van der Waals surface area (Å²) < 4.78 is 12.9. The predicted molar refractivity (Wildman–Crippen MR) is 80.8 cm³/mol. The number of carbonyl (C=O) groups excluding carboxylic acids is 1. The van der Waals surface area contributed by atoms with Gasteiger partial charge < -0.3 is 5.32 Å². The number of rotatable bonds is 4. The lowest BCUT2D eigenvalue weighted by atomic mass is 9.94. The van der Waals surface area contributed by atoms with Crippen LogP contribution in [-0.2, 0) is 6.42 Å². The first-order valence-corrected chi connectivity index (χ1v) is 8.10.